The predicted molar refractivity (Wildman–Crippen MR) is 62.9 cm³/mol. The van der Waals surface area contributed by atoms with E-state index in [0.717, 1.165) is 12.2 Å². The molecule has 0 aliphatic carbocycles. The number of hydrogen-bond acceptors (Lipinski definition) is 3. The number of aromatic nitrogens is 2. The summed E-state index contributed by atoms with van der Waals surface area (Å²) in [5, 5.41) is 6.45. The highest BCUT2D eigenvalue weighted by atomic mass is 32.1. The van der Waals surface area contributed by atoms with Gasteiger partial charge in [0.15, 0.2) is 0 Å². The third-order valence-electron chi connectivity index (χ3n) is 2.38. The van der Waals surface area contributed by atoms with Crippen LogP contribution in [0.25, 0.3) is 0 Å². The molecule has 1 atom stereocenters. The highest BCUT2D eigenvalue weighted by Crippen LogP contribution is 2.18. The van der Waals surface area contributed by atoms with Gasteiger partial charge < -0.3 is 5.73 Å². The van der Waals surface area contributed by atoms with Gasteiger partial charge in [-0.25, -0.2) is 0 Å². The Morgan fingerprint density at radius 3 is 2.87 bits per heavy atom. The Kier molecular flexibility index (Phi) is 2.88. The van der Waals surface area contributed by atoms with E-state index in [4.69, 9.17) is 5.73 Å². The molecular weight excluding hydrogens is 206 g/mol. The third kappa shape index (κ3) is 2.27. The highest BCUT2D eigenvalue weighted by Gasteiger charge is 2.09. The van der Waals surface area contributed by atoms with Gasteiger partial charge >= 0.3 is 0 Å². The van der Waals surface area contributed by atoms with Crippen LogP contribution in [0.3, 0.4) is 0 Å². The Balaban J connectivity index is 2.12. The van der Waals surface area contributed by atoms with Crippen molar-refractivity contribution in [3.8, 4) is 0 Å². The maximum absolute atomic E-state index is 6.10. The Labute approximate surface area is 93.5 Å². The molecule has 3 nitrogen and oxygen atoms in total. The first-order chi connectivity index (χ1) is 7.16. The minimum Gasteiger partial charge on any atom is -0.322 e. The Bertz CT molecular complexity index is 431. The van der Waals surface area contributed by atoms with E-state index in [9.17, 15) is 0 Å². The summed E-state index contributed by atoms with van der Waals surface area (Å²) >= 11 is 1.70. The van der Waals surface area contributed by atoms with Crippen molar-refractivity contribution >= 4 is 11.3 Å². The molecule has 0 fully saturated rings. The fraction of sp³-hybridized carbons (Fsp3) is 0.364. The van der Waals surface area contributed by atoms with Gasteiger partial charge in [-0.2, -0.15) is 5.10 Å². The van der Waals surface area contributed by atoms with Gasteiger partial charge in [-0.05, 0) is 31.4 Å². The molecule has 4 heteroatoms. The van der Waals surface area contributed by atoms with Crippen molar-refractivity contribution in [1.82, 2.24) is 9.78 Å². The topological polar surface area (TPSA) is 43.8 Å². The minimum absolute atomic E-state index is 0.0444. The van der Waals surface area contributed by atoms with Crippen LogP contribution in [0.5, 0.6) is 0 Å². The van der Waals surface area contributed by atoms with E-state index >= 15 is 0 Å². The summed E-state index contributed by atoms with van der Waals surface area (Å²) in [5.74, 6) is 0. The van der Waals surface area contributed by atoms with E-state index in [1.54, 1.807) is 11.3 Å². The lowest BCUT2D eigenvalue weighted by Gasteiger charge is -2.10. The van der Waals surface area contributed by atoms with Crippen molar-refractivity contribution in [2.45, 2.75) is 26.4 Å². The van der Waals surface area contributed by atoms with E-state index in [1.165, 1.54) is 10.6 Å². The number of thiophene rings is 1. The van der Waals surface area contributed by atoms with Crippen LogP contribution in [0, 0.1) is 13.8 Å². The molecule has 80 valence electrons. The number of nitrogens with zero attached hydrogens (tertiary/aromatic N) is 2. The quantitative estimate of drug-likeness (QED) is 0.864. The van der Waals surface area contributed by atoms with E-state index < -0.39 is 0 Å². The predicted octanol–water partition coefficient (Wildman–Crippen LogP) is 2.26. The van der Waals surface area contributed by atoms with Gasteiger partial charge in [-0.3, -0.25) is 4.68 Å². The standard InChI is InChI=1S/C11H15N3S/c1-8-6-9(2)14(13-8)7-10(12)11-4-3-5-15-11/h3-6,10H,7,12H2,1-2H3. The molecule has 0 saturated carbocycles. The van der Waals surface area contributed by atoms with E-state index in [1.807, 2.05) is 17.7 Å². The average Bonchev–Trinajstić information content (AvgIpc) is 2.76. The molecule has 15 heavy (non-hydrogen) atoms. The first kappa shape index (κ1) is 10.4. The maximum atomic E-state index is 6.10. The SMILES string of the molecule is Cc1cc(C)n(CC(N)c2cccs2)n1. The Morgan fingerprint density at radius 1 is 1.53 bits per heavy atom. The summed E-state index contributed by atoms with van der Waals surface area (Å²) in [6.07, 6.45) is 0. The lowest BCUT2D eigenvalue weighted by atomic mass is 10.2. The summed E-state index contributed by atoms with van der Waals surface area (Å²) in [6.45, 7) is 4.81. The third-order valence-corrected chi connectivity index (χ3v) is 3.39. The van der Waals surface area contributed by atoms with Crippen LogP contribution in [0.4, 0.5) is 0 Å². The molecule has 2 aromatic heterocycles. The van der Waals surface area contributed by atoms with Gasteiger partial charge in [0.25, 0.3) is 0 Å². The number of hydrogen-bond donors (Lipinski definition) is 1. The van der Waals surface area contributed by atoms with Crippen LogP contribution in [0.2, 0.25) is 0 Å². The molecule has 2 heterocycles. The second-order valence-electron chi connectivity index (χ2n) is 3.73. The largest absolute Gasteiger partial charge is 0.322 e. The molecule has 1 unspecified atom stereocenters. The molecule has 0 amide bonds. The summed E-state index contributed by atoms with van der Waals surface area (Å²) in [5.41, 5.74) is 8.31. The molecule has 0 aliphatic heterocycles. The average molecular weight is 221 g/mol. The molecule has 0 aromatic carbocycles. The maximum Gasteiger partial charge on any atom is 0.0613 e. The number of rotatable bonds is 3. The molecule has 2 rings (SSSR count). The molecule has 0 spiro atoms. The van der Waals surface area contributed by atoms with Crippen molar-refractivity contribution in [1.29, 1.82) is 0 Å². The van der Waals surface area contributed by atoms with Crippen LogP contribution in [0.15, 0.2) is 23.6 Å². The van der Waals surface area contributed by atoms with Crippen molar-refractivity contribution in [3.05, 3.63) is 39.8 Å². The number of nitrogens with two attached hydrogens (primary N) is 1. The van der Waals surface area contributed by atoms with Crippen LogP contribution < -0.4 is 5.73 Å². The monoisotopic (exact) mass is 221 g/mol. The molecule has 2 aromatic rings. The first-order valence-electron chi connectivity index (χ1n) is 4.97. The van der Waals surface area contributed by atoms with Crippen LogP contribution in [-0.4, -0.2) is 9.78 Å². The second-order valence-corrected chi connectivity index (χ2v) is 4.71. The van der Waals surface area contributed by atoms with Crippen molar-refractivity contribution < 1.29 is 0 Å². The van der Waals surface area contributed by atoms with Gasteiger partial charge in [0.05, 0.1) is 18.3 Å². The molecule has 0 saturated heterocycles. The lowest BCUT2D eigenvalue weighted by Crippen LogP contribution is -2.18. The minimum atomic E-state index is 0.0444. The number of aryl methyl sites for hydroxylation is 2. The Morgan fingerprint density at radius 2 is 2.33 bits per heavy atom. The molecule has 2 N–H and O–H groups in total. The molecule has 0 radical (unpaired) electrons. The highest BCUT2D eigenvalue weighted by molar-refractivity contribution is 7.10. The first-order valence-corrected chi connectivity index (χ1v) is 5.85. The zero-order valence-electron chi connectivity index (χ0n) is 8.97. The summed E-state index contributed by atoms with van der Waals surface area (Å²) < 4.78 is 1.97. The van der Waals surface area contributed by atoms with E-state index in [0.29, 0.717) is 0 Å². The van der Waals surface area contributed by atoms with Crippen molar-refractivity contribution in [3.63, 3.8) is 0 Å². The van der Waals surface area contributed by atoms with Crippen molar-refractivity contribution in [2.24, 2.45) is 5.73 Å². The van der Waals surface area contributed by atoms with Gasteiger partial charge in [0.1, 0.15) is 0 Å². The normalized spacial score (nSPS) is 13.0. The zero-order valence-corrected chi connectivity index (χ0v) is 9.79. The summed E-state index contributed by atoms with van der Waals surface area (Å²) in [6, 6.07) is 6.21. The fourth-order valence-electron chi connectivity index (χ4n) is 1.64. The van der Waals surface area contributed by atoms with Crippen LogP contribution in [0.1, 0.15) is 22.3 Å². The smallest absolute Gasteiger partial charge is 0.0613 e. The van der Waals surface area contributed by atoms with Gasteiger partial charge in [-0.15, -0.1) is 11.3 Å². The van der Waals surface area contributed by atoms with E-state index in [2.05, 4.69) is 29.5 Å². The van der Waals surface area contributed by atoms with Crippen LogP contribution >= 0.6 is 11.3 Å². The van der Waals surface area contributed by atoms with Gasteiger partial charge in [0.2, 0.25) is 0 Å². The molecular formula is C11H15N3S. The zero-order chi connectivity index (χ0) is 10.8. The molecule has 0 bridgehead atoms. The van der Waals surface area contributed by atoms with E-state index in [-0.39, 0.29) is 6.04 Å². The second kappa shape index (κ2) is 4.16. The fourth-order valence-corrected chi connectivity index (χ4v) is 2.36. The van der Waals surface area contributed by atoms with Crippen LogP contribution in [-0.2, 0) is 6.54 Å². The van der Waals surface area contributed by atoms with Crippen molar-refractivity contribution in [2.75, 3.05) is 0 Å². The Hall–Kier alpha value is -1.13. The summed E-state index contributed by atoms with van der Waals surface area (Å²) in [7, 11) is 0. The molecule has 0 aliphatic rings. The summed E-state index contributed by atoms with van der Waals surface area (Å²) in [4.78, 5) is 1.21. The lowest BCUT2D eigenvalue weighted by molar-refractivity contribution is 0.520. The van der Waals surface area contributed by atoms with Gasteiger partial charge in [0, 0.05) is 10.6 Å². The van der Waals surface area contributed by atoms with Gasteiger partial charge in [-0.1, -0.05) is 6.07 Å².